The van der Waals surface area contributed by atoms with E-state index in [0.29, 0.717) is 32.1 Å². The van der Waals surface area contributed by atoms with Crippen LogP contribution in [0, 0.1) is 0 Å². The molecule has 1 aliphatic rings. The number of aliphatic hydroxyl groups is 5. The van der Waals surface area contributed by atoms with E-state index < -0.39 is 89.6 Å². The molecule has 17 nitrogen and oxygen atoms in total. The van der Waals surface area contributed by atoms with E-state index in [-0.39, 0.29) is 12.8 Å². The lowest BCUT2D eigenvalue weighted by molar-refractivity contribution is -0.216. The summed E-state index contributed by atoms with van der Waals surface area (Å²) in [5.74, 6) is -1.35. The first-order valence-electron chi connectivity index (χ1n) is 23.9. The van der Waals surface area contributed by atoms with Crippen LogP contribution in [0.5, 0.6) is 0 Å². The van der Waals surface area contributed by atoms with Gasteiger partial charge in [-0.3, -0.25) is 23.2 Å². The van der Waals surface area contributed by atoms with E-state index in [1.165, 1.54) is 19.3 Å². The van der Waals surface area contributed by atoms with Gasteiger partial charge in [0.15, 0.2) is 6.10 Å². The lowest BCUT2D eigenvalue weighted by atomic mass is 9.85. The maximum absolute atomic E-state index is 13.0. The quantitative estimate of drug-likeness (QED) is 0.00953. The highest BCUT2D eigenvalue weighted by molar-refractivity contribution is 7.47. The van der Waals surface area contributed by atoms with E-state index in [2.05, 4.69) is 67.0 Å². The molecule has 68 heavy (non-hydrogen) atoms. The Morgan fingerprint density at radius 2 is 1.09 bits per heavy atom. The third-order valence-corrected chi connectivity index (χ3v) is 11.7. The molecule has 1 fully saturated rings. The van der Waals surface area contributed by atoms with Crippen molar-refractivity contribution in [3.05, 3.63) is 97.2 Å². The Labute approximate surface area is 403 Å². The molecule has 0 radical (unpaired) electrons. The Hall–Kier alpha value is -3.12. The smallest absolute Gasteiger partial charge is 0.462 e. The van der Waals surface area contributed by atoms with Gasteiger partial charge >= 0.3 is 27.6 Å². The lowest BCUT2D eigenvalue weighted by Gasteiger charge is -2.43. The number of esters is 2. The molecule has 1 saturated carbocycles. The zero-order valence-electron chi connectivity index (χ0n) is 39.9. The molecule has 1 aliphatic carbocycles. The molecule has 0 heterocycles. The normalized spacial score (nSPS) is 22.6. The van der Waals surface area contributed by atoms with Crippen LogP contribution in [0.15, 0.2) is 97.2 Å². The number of rotatable bonds is 38. The number of phosphoric ester groups is 2. The number of carbonyl (C=O) groups is 2. The molecule has 19 heteroatoms. The lowest BCUT2D eigenvalue weighted by Crippen LogP contribution is -2.64. The average Bonchev–Trinajstić information content (AvgIpc) is 3.29. The minimum Gasteiger partial charge on any atom is -0.462 e. The third-order valence-electron chi connectivity index (χ3n) is 10.2. The molecule has 6 unspecified atom stereocenters. The van der Waals surface area contributed by atoms with Gasteiger partial charge in [-0.25, -0.2) is 9.13 Å². The first kappa shape index (κ1) is 62.9. The van der Waals surface area contributed by atoms with Crippen LogP contribution in [0.4, 0.5) is 0 Å². The highest BCUT2D eigenvalue weighted by atomic mass is 31.2. The molecule has 9 atom stereocenters. The Balaban J connectivity index is 2.68. The SMILES string of the molecule is CC/C=C\C/C=C\CC(O)/C=C/C=C\C/C=C\CCCC(=O)O[C@H](COC(=O)CCCCCC/C=C\C/C=C\C/C=C\CCCCC)COP(=O)(O)O[C@H]1C(O)C(O)C(O)[C@@H](OP(=O)(O)O)C1O. The molecular formula is C49H80O17P2. The Morgan fingerprint density at radius 1 is 0.559 bits per heavy atom. The van der Waals surface area contributed by atoms with E-state index in [4.69, 9.17) is 18.5 Å². The maximum atomic E-state index is 13.0. The van der Waals surface area contributed by atoms with Gasteiger partial charge in [0.25, 0.3) is 0 Å². The highest BCUT2D eigenvalue weighted by Gasteiger charge is 2.54. The summed E-state index contributed by atoms with van der Waals surface area (Å²) in [6.07, 6.45) is 31.0. The van der Waals surface area contributed by atoms with Crippen molar-refractivity contribution in [3.8, 4) is 0 Å². The number of ether oxygens (including phenoxy) is 2. The molecule has 0 aromatic rings. The first-order valence-corrected chi connectivity index (χ1v) is 26.9. The fourth-order valence-corrected chi connectivity index (χ4v) is 8.04. The number of allylic oxidation sites excluding steroid dienone is 14. The van der Waals surface area contributed by atoms with E-state index in [1.54, 1.807) is 12.2 Å². The van der Waals surface area contributed by atoms with Gasteiger partial charge in [0.05, 0.1) is 12.7 Å². The van der Waals surface area contributed by atoms with Crippen molar-refractivity contribution in [1.29, 1.82) is 0 Å². The molecule has 0 amide bonds. The second-order valence-electron chi connectivity index (χ2n) is 16.3. The number of carbonyl (C=O) groups excluding carboxylic acids is 2. The summed E-state index contributed by atoms with van der Waals surface area (Å²) in [7, 11) is -10.7. The number of hydrogen-bond donors (Lipinski definition) is 8. The van der Waals surface area contributed by atoms with E-state index in [0.717, 1.165) is 57.8 Å². The summed E-state index contributed by atoms with van der Waals surface area (Å²) in [6.45, 7) is 2.82. The van der Waals surface area contributed by atoms with E-state index >= 15 is 0 Å². The summed E-state index contributed by atoms with van der Waals surface area (Å²) >= 11 is 0. The van der Waals surface area contributed by atoms with Crippen LogP contribution >= 0.6 is 15.6 Å². The maximum Gasteiger partial charge on any atom is 0.472 e. The van der Waals surface area contributed by atoms with Gasteiger partial charge in [-0.2, -0.15) is 0 Å². The summed E-state index contributed by atoms with van der Waals surface area (Å²) in [5, 5.41) is 51.3. The van der Waals surface area contributed by atoms with Crippen LogP contribution in [0.1, 0.15) is 136 Å². The van der Waals surface area contributed by atoms with Crippen molar-refractivity contribution in [2.24, 2.45) is 0 Å². The second kappa shape index (κ2) is 38.6. The van der Waals surface area contributed by atoms with E-state index in [9.17, 15) is 58.9 Å². The number of aliphatic hydroxyl groups excluding tert-OH is 5. The van der Waals surface area contributed by atoms with Gasteiger partial charge in [-0.1, -0.05) is 137 Å². The Morgan fingerprint density at radius 3 is 1.71 bits per heavy atom. The molecule has 0 aliphatic heterocycles. The van der Waals surface area contributed by atoms with Crippen molar-refractivity contribution in [2.75, 3.05) is 13.2 Å². The molecule has 8 N–H and O–H groups in total. The van der Waals surface area contributed by atoms with Gasteiger partial charge in [0, 0.05) is 12.8 Å². The van der Waals surface area contributed by atoms with Crippen LogP contribution < -0.4 is 0 Å². The highest BCUT2D eigenvalue weighted by Crippen LogP contribution is 2.49. The van der Waals surface area contributed by atoms with Crippen molar-refractivity contribution in [1.82, 2.24) is 0 Å². The molecule has 0 saturated heterocycles. The van der Waals surface area contributed by atoms with Crippen molar-refractivity contribution < 1.29 is 82.0 Å². The van der Waals surface area contributed by atoms with Gasteiger partial charge in [-0.05, 0) is 83.5 Å². The van der Waals surface area contributed by atoms with Gasteiger partial charge < -0.3 is 49.7 Å². The van der Waals surface area contributed by atoms with Crippen molar-refractivity contribution >= 4 is 27.6 Å². The third kappa shape index (κ3) is 32.6. The topological polar surface area (TPSA) is 276 Å². The zero-order chi connectivity index (χ0) is 50.5. The van der Waals surface area contributed by atoms with Crippen LogP contribution in [0.3, 0.4) is 0 Å². The molecule has 388 valence electrons. The fourth-order valence-electron chi connectivity index (χ4n) is 6.50. The second-order valence-corrected chi connectivity index (χ2v) is 18.9. The molecule has 0 aromatic carbocycles. The van der Waals surface area contributed by atoms with Crippen LogP contribution in [0.2, 0.25) is 0 Å². The van der Waals surface area contributed by atoms with Gasteiger partial charge in [0.1, 0.15) is 43.2 Å². The summed E-state index contributed by atoms with van der Waals surface area (Å²) < 4.78 is 49.3. The monoisotopic (exact) mass is 1000 g/mol. The number of unbranched alkanes of at least 4 members (excludes halogenated alkanes) is 8. The van der Waals surface area contributed by atoms with Crippen molar-refractivity contribution in [3.63, 3.8) is 0 Å². The van der Waals surface area contributed by atoms with E-state index in [1.807, 2.05) is 36.5 Å². The van der Waals surface area contributed by atoms with Crippen molar-refractivity contribution in [2.45, 2.75) is 185 Å². The molecule has 1 rings (SSSR count). The summed E-state index contributed by atoms with van der Waals surface area (Å²) in [4.78, 5) is 54.3. The molecular weight excluding hydrogens is 922 g/mol. The molecule has 0 bridgehead atoms. The van der Waals surface area contributed by atoms with Crippen LogP contribution in [0.25, 0.3) is 0 Å². The standard InChI is InChI=1S/C49H80O17P2/c1-3-5-7-9-11-12-13-14-15-16-17-18-19-20-24-28-32-36-42(51)62-38-41(39-63-68(60,61)66-49-46(55)44(53)45(54)48(47(49)56)65-67(57,58)59)64-43(52)37-33-29-25-22-21-23-27-31-35-40(50)34-30-26-10-8-6-4-2/h6,8,11-12,14-15,17-18,22-23,25-27,30-31,35,40-41,44-50,53-56H,3-5,7,9-10,13,16,19-21,24,28-29,32-34,36-39H2,1-2H3,(H,60,61)(H2,57,58,59)/b8-6-,12-11-,15-14-,18-17-,25-22-,27-23-,30-26-,35-31+/t40?,41-,44?,45?,46?,47?,48-,49+/m1/s1. The zero-order valence-corrected chi connectivity index (χ0v) is 41.6. The predicted octanol–water partition coefficient (Wildman–Crippen LogP) is 8.14. The number of phosphoric acid groups is 2. The average molecular weight is 1000 g/mol. The van der Waals surface area contributed by atoms with Crippen LogP contribution in [-0.4, -0.2) is 114 Å². The Kier molecular flexibility index (Phi) is 35.7. The minimum atomic E-state index is -5.39. The summed E-state index contributed by atoms with van der Waals surface area (Å²) in [5.41, 5.74) is 0. The van der Waals surface area contributed by atoms with Gasteiger partial charge in [-0.15, -0.1) is 0 Å². The van der Waals surface area contributed by atoms with Crippen LogP contribution in [-0.2, 0) is 41.8 Å². The molecule has 0 aromatic heterocycles. The fraction of sp³-hybridized carbons (Fsp3) is 0.633. The predicted molar refractivity (Wildman–Crippen MR) is 261 cm³/mol. The molecule has 0 spiro atoms. The van der Waals surface area contributed by atoms with Gasteiger partial charge in [0.2, 0.25) is 0 Å². The first-order chi connectivity index (χ1) is 32.5. The number of hydrogen-bond acceptors (Lipinski definition) is 14. The Bertz CT molecular complexity index is 1700. The largest absolute Gasteiger partial charge is 0.472 e. The summed E-state index contributed by atoms with van der Waals surface area (Å²) in [6, 6.07) is 0. The minimum absolute atomic E-state index is 0.0646.